The predicted octanol–water partition coefficient (Wildman–Crippen LogP) is 4.37. The van der Waals surface area contributed by atoms with E-state index in [2.05, 4.69) is 35.4 Å². The summed E-state index contributed by atoms with van der Waals surface area (Å²) < 4.78 is 11.2. The molecule has 0 aliphatic carbocycles. The maximum Gasteiger partial charge on any atom is 0.194 e. The fourth-order valence-corrected chi connectivity index (χ4v) is 2.66. The number of rotatable bonds is 5. The first-order valence-corrected chi connectivity index (χ1v) is 8.41. The first kappa shape index (κ1) is 20.3. The van der Waals surface area contributed by atoms with Gasteiger partial charge in [0.2, 0.25) is 0 Å². The topological polar surface area (TPSA) is 66.8 Å². The lowest BCUT2D eigenvalue weighted by molar-refractivity contribution is 0.366. The number of furan rings is 1. The van der Waals surface area contributed by atoms with Crippen LogP contribution in [0.25, 0.3) is 11.0 Å². The van der Waals surface area contributed by atoms with Crippen LogP contribution in [0.2, 0.25) is 0 Å². The highest BCUT2D eigenvalue weighted by Gasteiger charge is 2.12. The summed E-state index contributed by atoms with van der Waals surface area (Å²) in [6.45, 7) is 5.35. The molecule has 0 atom stereocenters. The van der Waals surface area contributed by atoms with Crippen LogP contribution in [0.4, 0.5) is 0 Å². The van der Waals surface area contributed by atoms with Gasteiger partial charge in [0.25, 0.3) is 0 Å². The first-order valence-electron chi connectivity index (χ1n) is 8.41. The van der Waals surface area contributed by atoms with E-state index in [1.807, 2.05) is 42.3 Å². The van der Waals surface area contributed by atoms with E-state index in [1.54, 1.807) is 7.05 Å². The molecule has 1 N–H and O–H groups in total. The molecule has 0 aliphatic heterocycles. The summed E-state index contributed by atoms with van der Waals surface area (Å²) in [7, 11) is 3.74. The molecule has 0 bridgehead atoms. The minimum absolute atomic E-state index is 0. The molecule has 2 heterocycles. The second kappa shape index (κ2) is 9.07. The van der Waals surface area contributed by atoms with Crippen molar-refractivity contribution in [3.63, 3.8) is 0 Å². The highest BCUT2D eigenvalue weighted by Crippen LogP contribution is 2.19. The van der Waals surface area contributed by atoms with Crippen LogP contribution in [0, 0.1) is 0 Å². The first-order chi connectivity index (χ1) is 12.1. The van der Waals surface area contributed by atoms with Crippen LogP contribution in [0.1, 0.15) is 37.0 Å². The quantitative estimate of drug-likeness (QED) is 0.342. The number of nitrogens with zero attached hydrogens (tertiary/aromatic N) is 3. The number of halogens is 1. The van der Waals surface area contributed by atoms with Gasteiger partial charge in [-0.25, -0.2) is 0 Å². The summed E-state index contributed by atoms with van der Waals surface area (Å²) in [6.07, 6.45) is 0. The molecule has 26 heavy (non-hydrogen) atoms. The molecular weight excluding hydrogens is 443 g/mol. The van der Waals surface area contributed by atoms with Crippen LogP contribution in [-0.2, 0) is 13.1 Å². The van der Waals surface area contributed by atoms with Crippen LogP contribution >= 0.6 is 24.0 Å². The lowest BCUT2D eigenvalue weighted by Crippen LogP contribution is -2.37. The maximum absolute atomic E-state index is 5.87. The summed E-state index contributed by atoms with van der Waals surface area (Å²) in [4.78, 5) is 6.33. The molecule has 6 nitrogen and oxygen atoms in total. The lowest BCUT2D eigenvalue weighted by atomic mass is 10.1. The average molecular weight is 468 g/mol. The smallest absolute Gasteiger partial charge is 0.194 e. The Morgan fingerprint density at radius 3 is 2.65 bits per heavy atom. The summed E-state index contributed by atoms with van der Waals surface area (Å²) in [6, 6.07) is 12.0. The van der Waals surface area contributed by atoms with E-state index >= 15 is 0 Å². The van der Waals surface area contributed by atoms with Gasteiger partial charge in [0.05, 0.1) is 18.8 Å². The number of guanidine groups is 1. The van der Waals surface area contributed by atoms with Crippen LogP contribution in [0.3, 0.4) is 0 Å². The molecule has 3 aromatic rings. The van der Waals surface area contributed by atoms with Gasteiger partial charge in [-0.3, -0.25) is 4.99 Å². The lowest BCUT2D eigenvalue weighted by Gasteiger charge is -2.20. The molecule has 2 aromatic heterocycles. The minimum Gasteiger partial charge on any atom is -0.459 e. The Hall–Kier alpha value is -2.03. The Kier molecular flexibility index (Phi) is 7.07. The molecule has 0 unspecified atom stereocenters. The van der Waals surface area contributed by atoms with Crippen molar-refractivity contribution in [1.82, 2.24) is 15.4 Å². The Morgan fingerprint density at radius 1 is 1.23 bits per heavy atom. The molecule has 0 radical (unpaired) electrons. The zero-order chi connectivity index (χ0) is 17.8. The van der Waals surface area contributed by atoms with Crippen LogP contribution in [0.15, 0.2) is 50.3 Å². The number of fused-ring (bicyclic) bond motifs is 1. The van der Waals surface area contributed by atoms with Crippen molar-refractivity contribution in [2.24, 2.45) is 4.99 Å². The van der Waals surface area contributed by atoms with E-state index in [0.29, 0.717) is 19.0 Å². The highest BCUT2D eigenvalue weighted by atomic mass is 127. The monoisotopic (exact) mass is 468 g/mol. The number of para-hydroxylation sites is 1. The van der Waals surface area contributed by atoms with Crippen molar-refractivity contribution in [2.75, 3.05) is 14.1 Å². The van der Waals surface area contributed by atoms with Gasteiger partial charge in [0.15, 0.2) is 11.7 Å². The van der Waals surface area contributed by atoms with Gasteiger partial charge >= 0.3 is 0 Å². The minimum atomic E-state index is 0. The Morgan fingerprint density at radius 2 is 2.00 bits per heavy atom. The molecule has 140 valence electrons. The number of aliphatic imine (C=N–C) groups is 1. The van der Waals surface area contributed by atoms with Crippen molar-refractivity contribution in [3.8, 4) is 0 Å². The van der Waals surface area contributed by atoms with E-state index in [4.69, 9.17) is 8.94 Å². The molecule has 0 fully saturated rings. The molecule has 1 aromatic carbocycles. The summed E-state index contributed by atoms with van der Waals surface area (Å²) >= 11 is 0. The second-order valence-electron chi connectivity index (χ2n) is 6.38. The number of aromatic nitrogens is 1. The van der Waals surface area contributed by atoms with E-state index in [9.17, 15) is 0 Å². The van der Waals surface area contributed by atoms with Gasteiger partial charge in [0.1, 0.15) is 11.3 Å². The standard InChI is InChI=1S/C19H24N4O2.HI/c1-13(2)17-10-15(25-22-17)11-21-19(20-3)23(4)12-16-9-14-7-5-6-8-18(14)24-16;/h5-10,13H,11-12H2,1-4H3,(H,20,21);1H. The van der Waals surface area contributed by atoms with Crippen molar-refractivity contribution in [3.05, 3.63) is 53.6 Å². The zero-order valence-corrected chi connectivity index (χ0v) is 17.9. The maximum atomic E-state index is 5.87. The highest BCUT2D eigenvalue weighted by molar-refractivity contribution is 14.0. The van der Waals surface area contributed by atoms with Gasteiger partial charge in [0, 0.05) is 25.5 Å². The SMILES string of the molecule is CN=C(NCc1cc(C(C)C)no1)N(C)Cc1cc2ccccc2o1.I. The molecule has 0 saturated heterocycles. The summed E-state index contributed by atoms with van der Waals surface area (Å²) in [5.74, 6) is 2.81. The Bertz CT molecular complexity index is 836. The molecule has 0 amide bonds. The molecule has 0 spiro atoms. The number of nitrogens with one attached hydrogen (secondary N) is 1. The van der Waals surface area contributed by atoms with E-state index in [0.717, 1.165) is 34.1 Å². The van der Waals surface area contributed by atoms with Crippen molar-refractivity contribution in [1.29, 1.82) is 0 Å². The normalized spacial score (nSPS) is 11.7. The van der Waals surface area contributed by atoms with Gasteiger partial charge < -0.3 is 19.2 Å². The van der Waals surface area contributed by atoms with Crippen LogP contribution in [-0.4, -0.2) is 30.1 Å². The van der Waals surface area contributed by atoms with E-state index in [-0.39, 0.29) is 24.0 Å². The molecule has 3 rings (SSSR count). The number of benzene rings is 1. The third-order valence-corrected chi connectivity index (χ3v) is 4.03. The third-order valence-electron chi connectivity index (χ3n) is 4.03. The van der Waals surface area contributed by atoms with Crippen molar-refractivity contribution in [2.45, 2.75) is 32.9 Å². The number of hydrogen-bond donors (Lipinski definition) is 1. The van der Waals surface area contributed by atoms with Crippen LogP contribution in [0.5, 0.6) is 0 Å². The average Bonchev–Trinajstić information content (AvgIpc) is 3.21. The second-order valence-corrected chi connectivity index (χ2v) is 6.38. The molecule has 0 saturated carbocycles. The summed E-state index contributed by atoms with van der Waals surface area (Å²) in [5, 5.41) is 8.47. The van der Waals surface area contributed by atoms with Gasteiger partial charge in [-0.15, -0.1) is 24.0 Å². The molecule has 7 heteroatoms. The summed E-state index contributed by atoms with van der Waals surface area (Å²) in [5.41, 5.74) is 1.86. The fraction of sp³-hybridized carbons (Fsp3) is 0.368. The van der Waals surface area contributed by atoms with Gasteiger partial charge in [-0.2, -0.15) is 0 Å². The van der Waals surface area contributed by atoms with Crippen LogP contribution < -0.4 is 5.32 Å². The largest absolute Gasteiger partial charge is 0.459 e. The van der Waals surface area contributed by atoms with Crippen molar-refractivity contribution >= 4 is 40.9 Å². The Labute approximate surface area is 170 Å². The fourth-order valence-electron chi connectivity index (χ4n) is 2.66. The van der Waals surface area contributed by atoms with Gasteiger partial charge in [-0.1, -0.05) is 37.2 Å². The molecule has 0 aliphatic rings. The molecular formula is C19H25IN4O2. The zero-order valence-electron chi connectivity index (χ0n) is 15.5. The van der Waals surface area contributed by atoms with Crippen molar-refractivity contribution < 1.29 is 8.94 Å². The third kappa shape index (κ3) is 4.78. The van der Waals surface area contributed by atoms with Gasteiger partial charge in [-0.05, 0) is 18.1 Å². The predicted molar refractivity (Wildman–Crippen MR) is 114 cm³/mol. The number of hydrogen-bond acceptors (Lipinski definition) is 4. The van der Waals surface area contributed by atoms with E-state index < -0.39 is 0 Å². The Balaban J connectivity index is 0.00000243. The van der Waals surface area contributed by atoms with E-state index in [1.165, 1.54) is 0 Å².